The average Bonchev–Trinajstić information content (AvgIpc) is 2.67. The summed E-state index contributed by atoms with van der Waals surface area (Å²) < 4.78 is 5.12. The van der Waals surface area contributed by atoms with Crippen LogP contribution in [-0.4, -0.2) is 23.7 Å². The van der Waals surface area contributed by atoms with E-state index in [1.54, 1.807) is 0 Å². The fraction of sp³-hybridized carbons (Fsp3) is 0.833. The number of carboxylic acids is 1. The summed E-state index contributed by atoms with van der Waals surface area (Å²) in [6, 6.07) is 0. The molecule has 0 heterocycles. The number of allylic oxidation sites excluding steroid dienone is 2. The van der Waals surface area contributed by atoms with Crippen LogP contribution in [0.15, 0.2) is 12.2 Å². The lowest BCUT2D eigenvalue weighted by Crippen LogP contribution is -2.21. The van der Waals surface area contributed by atoms with Crippen molar-refractivity contribution in [1.29, 1.82) is 0 Å². The number of hydrogen-bond donors (Lipinski definition) is 1. The van der Waals surface area contributed by atoms with Gasteiger partial charge in [0.15, 0.2) is 0 Å². The molecule has 0 aliphatic heterocycles. The number of unbranched alkanes of at least 4 members (excludes halogenated alkanes) is 11. The van der Waals surface area contributed by atoms with Crippen LogP contribution >= 0.6 is 0 Å². The second kappa shape index (κ2) is 20.4. The van der Waals surface area contributed by atoms with Crippen LogP contribution < -0.4 is 0 Å². The van der Waals surface area contributed by atoms with Gasteiger partial charge in [-0.3, -0.25) is 9.59 Å². The molecule has 1 unspecified atom stereocenters. The molecule has 0 saturated heterocycles. The highest BCUT2D eigenvalue weighted by molar-refractivity contribution is 5.79. The molecule has 4 heteroatoms. The predicted molar refractivity (Wildman–Crippen MR) is 116 cm³/mol. The van der Waals surface area contributed by atoms with Crippen LogP contribution in [0.25, 0.3) is 0 Å². The van der Waals surface area contributed by atoms with E-state index >= 15 is 0 Å². The van der Waals surface area contributed by atoms with Crippen LogP contribution in [0.4, 0.5) is 0 Å². The molecule has 1 atom stereocenters. The third-order valence-electron chi connectivity index (χ3n) is 5.02. The number of hydrogen-bond acceptors (Lipinski definition) is 3. The molecule has 0 aromatic carbocycles. The zero-order valence-electron chi connectivity index (χ0n) is 18.4. The van der Waals surface area contributed by atoms with E-state index in [0.717, 1.165) is 19.3 Å². The Morgan fingerprint density at radius 2 is 1.32 bits per heavy atom. The molecule has 0 saturated carbocycles. The van der Waals surface area contributed by atoms with E-state index in [0.29, 0.717) is 13.0 Å². The zero-order chi connectivity index (χ0) is 20.9. The molecule has 4 nitrogen and oxygen atoms in total. The van der Waals surface area contributed by atoms with E-state index < -0.39 is 11.9 Å². The third-order valence-corrected chi connectivity index (χ3v) is 5.02. The number of rotatable bonds is 20. The van der Waals surface area contributed by atoms with Crippen LogP contribution in [0, 0.1) is 5.92 Å². The Bertz CT molecular complexity index is 403. The van der Waals surface area contributed by atoms with Gasteiger partial charge >= 0.3 is 11.9 Å². The highest BCUT2D eigenvalue weighted by Crippen LogP contribution is 2.18. The van der Waals surface area contributed by atoms with Crippen LogP contribution in [0.2, 0.25) is 0 Å². The van der Waals surface area contributed by atoms with E-state index in [2.05, 4.69) is 19.1 Å². The molecule has 0 amide bonds. The number of ether oxygens (including phenoxy) is 1. The summed E-state index contributed by atoms with van der Waals surface area (Å²) in [6.07, 6.45) is 21.9. The maximum absolute atomic E-state index is 11.9. The molecule has 0 rings (SSSR count). The summed E-state index contributed by atoms with van der Waals surface area (Å²) in [4.78, 5) is 22.9. The first-order valence-electron chi connectivity index (χ1n) is 11.6. The molecule has 0 radical (unpaired) electrons. The first kappa shape index (κ1) is 26.7. The highest BCUT2D eigenvalue weighted by Gasteiger charge is 2.22. The van der Waals surface area contributed by atoms with Crippen molar-refractivity contribution in [3.05, 3.63) is 12.2 Å². The fourth-order valence-electron chi connectivity index (χ4n) is 3.30. The Balaban J connectivity index is 3.57. The molecule has 28 heavy (non-hydrogen) atoms. The zero-order valence-corrected chi connectivity index (χ0v) is 18.4. The van der Waals surface area contributed by atoms with Gasteiger partial charge in [0.1, 0.15) is 0 Å². The summed E-state index contributed by atoms with van der Waals surface area (Å²) in [5, 5.41) is 8.97. The van der Waals surface area contributed by atoms with Gasteiger partial charge in [0.25, 0.3) is 0 Å². The molecule has 0 fully saturated rings. The number of carbonyl (C=O) groups is 2. The Morgan fingerprint density at radius 1 is 0.786 bits per heavy atom. The van der Waals surface area contributed by atoms with Crippen molar-refractivity contribution < 1.29 is 19.4 Å². The quantitative estimate of drug-likeness (QED) is 0.136. The first-order valence-corrected chi connectivity index (χ1v) is 11.6. The molecule has 0 bridgehead atoms. The van der Waals surface area contributed by atoms with Crippen molar-refractivity contribution in [3.8, 4) is 0 Å². The minimum Gasteiger partial charge on any atom is -0.481 e. The fourth-order valence-corrected chi connectivity index (χ4v) is 3.30. The van der Waals surface area contributed by atoms with Crippen molar-refractivity contribution in [2.24, 2.45) is 5.92 Å². The van der Waals surface area contributed by atoms with Crippen molar-refractivity contribution in [1.82, 2.24) is 0 Å². The standard InChI is InChI=1S/C24H44O4/c1-3-5-6-7-8-9-10-11-12-13-14-15-16-17-18-19-22(21-23(25)26)24(27)28-20-4-2/h8-9,22H,3-7,10-21H2,1-2H3,(H,25,26)/b9-8+. The lowest BCUT2D eigenvalue weighted by atomic mass is 9.97. The largest absolute Gasteiger partial charge is 0.481 e. The van der Waals surface area contributed by atoms with E-state index in [9.17, 15) is 9.59 Å². The Morgan fingerprint density at radius 3 is 1.86 bits per heavy atom. The van der Waals surface area contributed by atoms with Gasteiger partial charge in [-0.05, 0) is 38.5 Å². The Kier molecular flexibility index (Phi) is 19.5. The minimum atomic E-state index is -0.922. The van der Waals surface area contributed by atoms with Gasteiger partial charge in [-0.2, -0.15) is 0 Å². The highest BCUT2D eigenvalue weighted by atomic mass is 16.5. The Labute approximate surface area is 173 Å². The van der Waals surface area contributed by atoms with Gasteiger partial charge in [-0.15, -0.1) is 0 Å². The molecule has 0 spiro atoms. The number of carbonyl (C=O) groups excluding carboxylic acids is 1. The second-order valence-electron chi connectivity index (χ2n) is 7.84. The topological polar surface area (TPSA) is 63.6 Å². The molecule has 0 aliphatic carbocycles. The lowest BCUT2D eigenvalue weighted by Gasteiger charge is -2.13. The van der Waals surface area contributed by atoms with Crippen molar-refractivity contribution in [2.75, 3.05) is 6.61 Å². The molecule has 0 aromatic heterocycles. The van der Waals surface area contributed by atoms with Crippen molar-refractivity contribution in [3.63, 3.8) is 0 Å². The number of aliphatic carboxylic acids is 1. The number of esters is 1. The summed E-state index contributed by atoms with van der Waals surface area (Å²) in [7, 11) is 0. The summed E-state index contributed by atoms with van der Waals surface area (Å²) >= 11 is 0. The SMILES string of the molecule is CCCCC/C=C/CCCCCCCCCCC(CC(=O)O)C(=O)OCCC. The molecule has 164 valence electrons. The first-order chi connectivity index (χ1) is 13.6. The molecule has 0 aliphatic rings. The maximum atomic E-state index is 11.9. The lowest BCUT2D eigenvalue weighted by molar-refractivity contribution is -0.153. The van der Waals surface area contributed by atoms with Gasteiger partial charge < -0.3 is 9.84 Å². The third kappa shape index (κ3) is 18.1. The molecule has 1 N–H and O–H groups in total. The molecular weight excluding hydrogens is 352 g/mol. The number of carboxylic acid groups (broad SMARTS) is 1. The van der Waals surface area contributed by atoms with Crippen LogP contribution in [0.5, 0.6) is 0 Å². The molecular formula is C24H44O4. The second-order valence-corrected chi connectivity index (χ2v) is 7.84. The van der Waals surface area contributed by atoms with Gasteiger partial charge in [0.05, 0.1) is 18.9 Å². The summed E-state index contributed by atoms with van der Waals surface area (Å²) in [5.41, 5.74) is 0. The van der Waals surface area contributed by atoms with Crippen LogP contribution in [0.1, 0.15) is 117 Å². The smallest absolute Gasteiger partial charge is 0.309 e. The van der Waals surface area contributed by atoms with Gasteiger partial charge in [0, 0.05) is 0 Å². The normalized spacial score (nSPS) is 12.4. The van der Waals surface area contributed by atoms with Crippen LogP contribution in [-0.2, 0) is 14.3 Å². The molecule has 0 aromatic rings. The van der Waals surface area contributed by atoms with E-state index in [4.69, 9.17) is 9.84 Å². The Hall–Kier alpha value is -1.32. The van der Waals surface area contributed by atoms with Gasteiger partial charge in [0.2, 0.25) is 0 Å². The monoisotopic (exact) mass is 396 g/mol. The van der Waals surface area contributed by atoms with Crippen molar-refractivity contribution >= 4 is 11.9 Å². The maximum Gasteiger partial charge on any atom is 0.309 e. The van der Waals surface area contributed by atoms with E-state index in [-0.39, 0.29) is 12.4 Å². The van der Waals surface area contributed by atoms with E-state index in [1.165, 1.54) is 70.6 Å². The van der Waals surface area contributed by atoms with Crippen molar-refractivity contribution in [2.45, 2.75) is 117 Å². The average molecular weight is 397 g/mol. The van der Waals surface area contributed by atoms with Crippen LogP contribution in [0.3, 0.4) is 0 Å². The summed E-state index contributed by atoms with van der Waals surface area (Å²) in [5.74, 6) is -1.75. The van der Waals surface area contributed by atoms with Gasteiger partial charge in [-0.25, -0.2) is 0 Å². The van der Waals surface area contributed by atoms with E-state index in [1.807, 2.05) is 6.92 Å². The van der Waals surface area contributed by atoms with Gasteiger partial charge in [-0.1, -0.05) is 83.8 Å². The predicted octanol–water partition coefficient (Wildman–Crippen LogP) is 7.07. The minimum absolute atomic E-state index is 0.115. The summed E-state index contributed by atoms with van der Waals surface area (Å²) in [6.45, 7) is 4.55.